The van der Waals surface area contributed by atoms with Crippen LogP contribution in [0.1, 0.15) is 7.43 Å². The Hall–Kier alpha value is -2.09. The maximum atomic E-state index is 3.72. The molecule has 2 aromatic carbocycles. The first-order chi connectivity index (χ1) is 7.86. The third kappa shape index (κ3) is 6.15. The van der Waals surface area contributed by atoms with Gasteiger partial charge in [0.15, 0.2) is 0 Å². The number of hydrogen-bond acceptors (Lipinski definition) is 2. The molecule has 1 N–H and O–H groups in total. The third-order valence-corrected chi connectivity index (χ3v) is 2.00. The lowest BCUT2D eigenvalue weighted by Gasteiger charge is -1.94. The number of aliphatic imine (C=N–C) groups is 1. The molecule has 0 aliphatic heterocycles. The first-order valence-corrected chi connectivity index (χ1v) is 5.11. The minimum absolute atomic E-state index is 0. The van der Waals surface area contributed by atoms with E-state index in [0.717, 1.165) is 11.4 Å². The van der Waals surface area contributed by atoms with Crippen LogP contribution < -0.4 is 5.32 Å². The molecule has 0 aliphatic rings. The maximum absolute atomic E-state index is 3.72. The Bertz CT molecular complexity index is 396. The van der Waals surface area contributed by atoms with E-state index in [0.29, 0.717) is 0 Å². The van der Waals surface area contributed by atoms with E-state index in [-0.39, 0.29) is 7.43 Å². The summed E-state index contributed by atoms with van der Waals surface area (Å²) in [4.78, 5) is 3.72. The van der Waals surface area contributed by atoms with Crippen molar-refractivity contribution in [1.29, 1.82) is 0 Å². The third-order valence-electron chi connectivity index (χ3n) is 2.00. The van der Waals surface area contributed by atoms with Crippen molar-refractivity contribution >= 4 is 18.1 Å². The van der Waals surface area contributed by atoms with E-state index >= 15 is 0 Å². The number of hydrogen-bond donors (Lipinski definition) is 1. The number of para-hydroxylation sites is 2. The van der Waals surface area contributed by atoms with Crippen molar-refractivity contribution in [2.24, 2.45) is 4.99 Å². The summed E-state index contributed by atoms with van der Waals surface area (Å²) >= 11 is 0. The van der Waals surface area contributed by atoms with Gasteiger partial charge in [0.2, 0.25) is 0 Å². The van der Waals surface area contributed by atoms with Crippen LogP contribution in [0.2, 0.25) is 0 Å². The summed E-state index contributed by atoms with van der Waals surface area (Å²) in [5.41, 5.74) is 2.08. The molecule has 90 valence electrons. The monoisotopic (exact) mass is 228 g/mol. The van der Waals surface area contributed by atoms with Gasteiger partial charge in [0.25, 0.3) is 0 Å². The lowest BCUT2D eigenvalue weighted by atomic mass is 10.3. The van der Waals surface area contributed by atoms with Crippen LogP contribution in [0.3, 0.4) is 0 Å². The van der Waals surface area contributed by atoms with E-state index in [4.69, 9.17) is 0 Å². The Labute approximate surface area is 104 Å². The molecule has 0 bridgehead atoms. The van der Waals surface area contributed by atoms with Crippen molar-refractivity contribution in [2.75, 3.05) is 12.4 Å². The Balaban J connectivity index is 0.000000284. The van der Waals surface area contributed by atoms with E-state index in [1.807, 2.05) is 67.7 Å². The normalized spacial score (nSPS) is 8.06. The van der Waals surface area contributed by atoms with Crippen LogP contribution in [0.4, 0.5) is 11.4 Å². The van der Waals surface area contributed by atoms with Gasteiger partial charge in [0.05, 0.1) is 5.69 Å². The Morgan fingerprint density at radius 3 is 1.65 bits per heavy atom. The maximum Gasteiger partial charge on any atom is 0.0622 e. The van der Waals surface area contributed by atoms with Gasteiger partial charge in [-0.15, -0.1) is 0 Å². The molecule has 0 saturated carbocycles. The zero-order chi connectivity index (χ0) is 11.6. The molecule has 17 heavy (non-hydrogen) atoms. The summed E-state index contributed by atoms with van der Waals surface area (Å²) in [6, 6.07) is 19.7. The standard InChI is InChI=1S/C7H9N.C7H7N.CH4/c2*1-8-7-5-3-2-4-6-7;/h2-6,8H,1H3;2-6H,1H2;1H4. The van der Waals surface area contributed by atoms with E-state index in [9.17, 15) is 0 Å². The molecule has 0 aliphatic carbocycles. The average molecular weight is 228 g/mol. The van der Waals surface area contributed by atoms with Crippen molar-refractivity contribution in [3.63, 3.8) is 0 Å². The molecule has 0 heterocycles. The first-order valence-electron chi connectivity index (χ1n) is 5.11. The van der Waals surface area contributed by atoms with Crippen LogP contribution in [0, 0.1) is 0 Å². The number of anilines is 1. The lowest BCUT2D eigenvalue weighted by molar-refractivity contribution is 1.51. The molecule has 0 saturated heterocycles. The van der Waals surface area contributed by atoms with Crippen LogP contribution in [0.15, 0.2) is 65.7 Å². The molecule has 2 nitrogen and oxygen atoms in total. The highest BCUT2D eigenvalue weighted by Gasteiger charge is 1.78. The smallest absolute Gasteiger partial charge is 0.0622 e. The summed E-state index contributed by atoms with van der Waals surface area (Å²) in [5.74, 6) is 0. The largest absolute Gasteiger partial charge is 0.388 e. The van der Waals surface area contributed by atoms with Gasteiger partial charge in [-0.25, -0.2) is 0 Å². The fourth-order valence-corrected chi connectivity index (χ4v) is 1.14. The topological polar surface area (TPSA) is 24.4 Å². The van der Waals surface area contributed by atoms with Crippen molar-refractivity contribution in [1.82, 2.24) is 0 Å². The zero-order valence-corrected chi connectivity index (χ0v) is 9.43. The fraction of sp³-hybridized carbons (Fsp3) is 0.133. The number of nitrogens with zero attached hydrogens (tertiary/aromatic N) is 1. The van der Waals surface area contributed by atoms with Crippen molar-refractivity contribution < 1.29 is 0 Å². The van der Waals surface area contributed by atoms with Gasteiger partial charge < -0.3 is 5.32 Å². The molecule has 2 rings (SSSR count). The predicted octanol–water partition coefficient (Wildman–Crippen LogP) is 4.38. The molecular formula is C15H20N2. The fourth-order valence-electron chi connectivity index (χ4n) is 1.14. The van der Waals surface area contributed by atoms with Crippen molar-refractivity contribution in [3.05, 3.63) is 60.7 Å². The Kier molecular flexibility index (Phi) is 8.03. The molecule has 2 aromatic rings. The quantitative estimate of drug-likeness (QED) is 0.758. The molecule has 0 amide bonds. The summed E-state index contributed by atoms with van der Waals surface area (Å²) in [6.07, 6.45) is 0. The van der Waals surface area contributed by atoms with Gasteiger partial charge >= 0.3 is 0 Å². The van der Waals surface area contributed by atoms with Gasteiger partial charge in [-0.05, 0) is 31.0 Å². The van der Waals surface area contributed by atoms with Crippen LogP contribution >= 0.6 is 0 Å². The van der Waals surface area contributed by atoms with E-state index in [2.05, 4.69) is 17.0 Å². The average Bonchev–Trinajstić information content (AvgIpc) is 2.41. The second-order valence-corrected chi connectivity index (χ2v) is 3.11. The Morgan fingerprint density at radius 1 is 0.882 bits per heavy atom. The molecule has 0 spiro atoms. The summed E-state index contributed by atoms with van der Waals surface area (Å²) < 4.78 is 0. The zero-order valence-electron chi connectivity index (χ0n) is 9.43. The van der Waals surface area contributed by atoms with Crippen LogP contribution in [0.25, 0.3) is 0 Å². The van der Waals surface area contributed by atoms with E-state index < -0.39 is 0 Å². The van der Waals surface area contributed by atoms with Gasteiger partial charge in [-0.3, -0.25) is 4.99 Å². The molecule has 2 heteroatoms. The molecule has 0 unspecified atom stereocenters. The highest BCUT2D eigenvalue weighted by Crippen LogP contribution is 2.06. The van der Waals surface area contributed by atoms with E-state index in [1.165, 1.54) is 0 Å². The van der Waals surface area contributed by atoms with Gasteiger partial charge in [-0.1, -0.05) is 43.8 Å². The van der Waals surface area contributed by atoms with Gasteiger partial charge in [0, 0.05) is 12.7 Å². The first kappa shape index (κ1) is 14.9. The van der Waals surface area contributed by atoms with Crippen molar-refractivity contribution in [2.45, 2.75) is 7.43 Å². The molecular weight excluding hydrogens is 208 g/mol. The molecule has 0 fully saturated rings. The highest BCUT2D eigenvalue weighted by molar-refractivity contribution is 5.44. The van der Waals surface area contributed by atoms with Gasteiger partial charge in [0.1, 0.15) is 0 Å². The minimum atomic E-state index is 0. The lowest BCUT2D eigenvalue weighted by Crippen LogP contribution is -1.84. The van der Waals surface area contributed by atoms with Crippen LogP contribution in [-0.4, -0.2) is 13.8 Å². The van der Waals surface area contributed by atoms with Crippen LogP contribution in [-0.2, 0) is 0 Å². The predicted molar refractivity (Wildman–Crippen MR) is 78.4 cm³/mol. The van der Waals surface area contributed by atoms with E-state index in [1.54, 1.807) is 0 Å². The van der Waals surface area contributed by atoms with Crippen LogP contribution in [0.5, 0.6) is 0 Å². The summed E-state index contributed by atoms with van der Waals surface area (Å²) in [6.45, 7) is 3.38. The number of nitrogens with one attached hydrogen (secondary N) is 1. The molecule has 0 aromatic heterocycles. The van der Waals surface area contributed by atoms with Gasteiger partial charge in [-0.2, -0.15) is 0 Å². The molecule has 0 atom stereocenters. The van der Waals surface area contributed by atoms with Crippen molar-refractivity contribution in [3.8, 4) is 0 Å². The number of rotatable bonds is 2. The second kappa shape index (κ2) is 9.16. The number of benzene rings is 2. The SMILES string of the molecule is C.C=Nc1ccccc1.CNc1ccccc1. The Morgan fingerprint density at radius 2 is 1.35 bits per heavy atom. The summed E-state index contributed by atoms with van der Waals surface area (Å²) in [5, 5.41) is 3.03. The second-order valence-electron chi connectivity index (χ2n) is 3.11. The highest BCUT2D eigenvalue weighted by atomic mass is 14.8. The minimum Gasteiger partial charge on any atom is -0.388 e. The molecule has 0 radical (unpaired) electrons. The summed E-state index contributed by atoms with van der Waals surface area (Å²) in [7, 11) is 1.91.